The zero-order chi connectivity index (χ0) is 18.1. The molecule has 1 aromatic carbocycles. The number of hydrogen-bond acceptors (Lipinski definition) is 6. The van der Waals surface area contributed by atoms with Crippen LogP contribution in [0.2, 0.25) is 0 Å². The van der Waals surface area contributed by atoms with Crippen molar-refractivity contribution < 1.29 is 19.5 Å². The maximum absolute atomic E-state index is 11.2. The highest BCUT2D eigenvalue weighted by molar-refractivity contribution is 5.52. The fraction of sp³-hybridized carbons (Fsp3) is 0.579. The van der Waals surface area contributed by atoms with E-state index in [2.05, 4.69) is 4.90 Å². The summed E-state index contributed by atoms with van der Waals surface area (Å²) in [5, 5.41) is 22.2. The summed E-state index contributed by atoms with van der Waals surface area (Å²) in [5.41, 5.74) is 0.00142. The third-order valence-corrected chi connectivity index (χ3v) is 5.54. The van der Waals surface area contributed by atoms with E-state index in [1.807, 2.05) is 6.08 Å². The second-order valence-electron chi connectivity index (χ2n) is 7.34. The maximum atomic E-state index is 11.2. The van der Waals surface area contributed by atoms with Gasteiger partial charge in [-0.1, -0.05) is 19.3 Å². The molecule has 1 aliphatic carbocycles. The van der Waals surface area contributed by atoms with Crippen LogP contribution in [-0.4, -0.2) is 46.8 Å². The lowest BCUT2D eigenvalue weighted by Crippen LogP contribution is -2.40. The lowest BCUT2D eigenvalue weighted by atomic mass is 9.84. The number of nitrogens with zero attached hydrogens (tertiary/aromatic N) is 2. The molecule has 2 heterocycles. The van der Waals surface area contributed by atoms with Crippen LogP contribution in [0.15, 0.2) is 30.0 Å². The smallest absolute Gasteiger partial charge is 0.270 e. The van der Waals surface area contributed by atoms with Crippen molar-refractivity contribution in [1.29, 1.82) is 0 Å². The number of nitro groups is 1. The van der Waals surface area contributed by atoms with E-state index in [0.29, 0.717) is 24.7 Å². The third kappa shape index (κ3) is 3.34. The van der Waals surface area contributed by atoms with Crippen LogP contribution < -0.4 is 4.74 Å². The fourth-order valence-corrected chi connectivity index (χ4v) is 4.19. The van der Waals surface area contributed by atoms with Crippen LogP contribution in [-0.2, 0) is 4.74 Å². The van der Waals surface area contributed by atoms with Gasteiger partial charge in [-0.2, -0.15) is 0 Å². The van der Waals surface area contributed by atoms with Crippen molar-refractivity contribution in [1.82, 2.24) is 4.90 Å². The Morgan fingerprint density at radius 3 is 2.65 bits per heavy atom. The average Bonchev–Trinajstić information content (AvgIpc) is 2.99. The van der Waals surface area contributed by atoms with Gasteiger partial charge in [0.2, 0.25) is 0 Å². The average molecular weight is 360 g/mol. The minimum Gasteiger partial charge on any atom is -0.460 e. The van der Waals surface area contributed by atoms with Gasteiger partial charge in [0.1, 0.15) is 11.5 Å². The molecule has 1 N–H and O–H groups in total. The minimum absolute atomic E-state index is 0.0586. The second-order valence-corrected chi connectivity index (χ2v) is 7.34. The van der Waals surface area contributed by atoms with Crippen molar-refractivity contribution in [3.63, 3.8) is 0 Å². The third-order valence-electron chi connectivity index (χ3n) is 5.54. The predicted molar refractivity (Wildman–Crippen MR) is 95.0 cm³/mol. The van der Waals surface area contributed by atoms with Gasteiger partial charge in [-0.25, -0.2) is 0 Å². The Morgan fingerprint density at radius 1 is 1.23 bits per heavy atom. The molecule has 7 nitrogen and oxygen atoms in total. The molecule has 0 unspecified atom stereocenters. The summed E-state index contributed by atoms with van der Waals surface area (Å²) in [6.45, 7) is 2.70. The Morgan fingerprint density at radius 2 is 1.96 bits per heavy atom. The van der Waals surface area contributed by atoms with Crippen molar-refractivity contribution in [2.45, 2.75) is 43.7 Å². The van der Waals surface area contributed by atoms with Crippen molar-refractivity contribution in [3.8, 4) is 5.75 Å². The molecule has 4 rings (SSSR count). The molecule has 3 aliphatic rings. The highest BCUT2D eigenvalue weighted by atomic mass is 16.6. The normalized spacial score (nSPS) is 27.1. The molecule has 2 aliphatic heterocycles. The maximum Gasteiger partial charge on any atom is 0.270 e. The fourth-order valence-electron chi connectivity index (χ4n) is 4.19. The Balaban J connectivity index is 1.72. The van der Waals surface area contributed by atoms with Crippen LogP contribution in [0, 0.1) is 10.1 Å². The molecule has 1 atom stereocenters. The molecule has 26 heavy (non-hydrogen) atoms. The molecule has 0 aromatic heterocycles. The molecule has 0 spiro atoms. The molecule has 1 saturated heterocycles. The summed E-state index contributed by atoms with van der Waals surface area (Å²) >= 11 is 0. The lowest BCUT2D eigenvalue weighted by molar-refractivity contribution is -0.384. The van der Waals surface area contributed by atoms with Crippen LogP contribution in [0.1, 0.15) is 43.7 Å². The number of aliphatic hydroxyl groups is 1. The topological polar surface area (TPSA) is 85.1 Å². The Hall–Kier alpha value is -1.96. The van der Waals surface area contributed by atoms with E-state index < -0.39 is 5.60 Å². The van der Waals surface area contributed by atoms with Crippen molar-refractivity contribution >= 4 is 5.69 Å². The summed E-state index contributed by atoms with van der Waals surface area (Å²) in [5.74, 6) is 1.32. The van der Waals surface area contributed by atoms with E-state index in [4.69, 9.17) is 9.47 Å². The van der Waals surface area contributed by atoms with E-state index in [9.17, 15) is 15.2 Å². The first kappa shape index (κ1) is 17.5. The summed E-state index contributed by atoms with van der Waals surface area (Å²) in [6, 6.07) is 4.52. The first-order valence-corrected chi connectivity index (χ1v) is 9.29. The molecule has 0 radical (unpaired) electrons. The lowest BCUT2D eigenvalue weighted by Gasteiger charge is -2.34. The van der Waals surface area contributed by atoms with Crippen molar-refractivity contribution in [2.24, 2.45) is 0 Å². The van der Waals surface area contributed by atoms with Crippen molar-refractivity contribution in [2.75, 3.05) is 26.3 Å². The standard InChI is InChI=1S/C19H24N2O5/c22-19(6-2-1-3-7-19)13-17-18(20-8-10-25-11-9-20)15-12-14(21(23)24)4-5-16(15)26-17/h4-5,12-13,18,22H,1-3,6-11H2/b17-13-/t18-/m0/s1. The largest absolute Gasteiger partial charge is 0.460 e. The number of ether oxygens (including phenoxy) is 2. The SMILES string of the molecule is O=[N+]([O-])c1ccc2c(c1)[C@H](N1CCOCC1)/C(=C/C1(O)CCCCC1)O2. The van der Waals surface area contributed by atoms with Crippen LogP contribution in [0.3, 0.4) is 0 Å². The number of benzene rings is 1. The Bertz CT molecular complexity index is 721. The molecule has 1 saturated carbocycles. The van der Waals surface area contributed by atoms with Crippen LogP contribution in [0.5, 0.6) is 5.75 Å². The van der Waals surface area contributed by atoms with E-state index in [1.54, 1.807) is 12.1 Å². The zero-order valence-corrected chi connectivity index (χ0v) is 14.7. The predicted octanol–water partition coefficient (Wildman–Crippen LogP) is 2.94. The van der Waals surface area contributed by atoms with Gasteiger partial charge in [0.25, 0.3) is 5.69 Å². The highest BCUT2D eigenvalue weighted by Gasteiger charge is 2.39. The molecule has 2 fully saturated rings. The Kier molecular flexibility index (Phi) is 4.69. The van der Waals surface area contributed by atoms with Gasteiger partial charge in [0.05, 0.1) is 29.8 Å². The molecule has 1 aromatic rings. The van der Waals surface area contributed by atoms with E-state index in [1.165, 1.54) is 6.07 Å². The van der Waals surface area contributed by atoms with E-state index >= 15 is 0 Å². The van der Waals surface area contributed by atoms with Gasteiger partial charge in [0, 0.05) is 30.8 Å². The number of morpholine rings is 1. The number of fused-ring (bicyclic) bond motifs is 1. The quantitative estimate of drug-likeness (QED) is 0.659. The van der Waals surface area contributed by atoms with Gasteiger partial charge in [-0.15, -0.1) is 0 Å². The van der Waals surface area contributed by atoms with Crippen molar-refractivity contribution in [3.05, 3.63) is 45.7 Å². The molecular formula is C19H24N2O5. The second kappa shape index (κ2) is 6.98. The Labute approximate surface area is 152 Å². The molecule has 140 valence electrons. The molecule has 0 bridgehead atoms. The minimum atomic E-state index is -0.855. The summed E-state index contributed by atoms with van der Waals surface area (Å²) in [6.07, 6.45) is 6.46. The van der Waals surface area contributed by atoms with Crippen LogP contribution in [0.25, 0.3) is 0 Å². The molecule has 0 amide bonds. The van der Waals surface area contributed by atoms with Crippen LogP contribution in [0.4, 0.5) is 5.69 Å². The van der Waals surface area contributed by atoms with Gasteiger partial charge < -0.3 is 14.6 Å². The first-order valence-electron chi connectivity index (χ1n) is 9.29. The molecular weight excluding hydrogens is 336 g/mol. The highest BCUT2D eigenvalue weighted by Crippen LogP contribution is 2.46. The first-order chi connectivity index (χ1) is 12.6. The molecule has 7 heteroatoms. The number of nitro benzene ring substituents is 1. The summed E-state index contributed by atoms with van der Waals surface area (Å²) < 4.78 is 11.5. The summed E-state index contributed by atoms with van der Waals surface area (Å²) in [4.78, 5) is 13.0. The van der Waals surface area contributed by atoms with Gasteiger partial charge in [-0.05, 0) is 25.0 Å². The van der Waals surface area contributed by atoms with E-state index in [0.717, 1.165) is 50.8 Å². The van der Waals surface area contributed by atoms with Crippen LogP contribution >= 0.6 is 0 Å². The van der Waals surface area contributed by atoms with Gasteiger partial charge in [-0.3, -0.25) is 15.0 Å². The number of rotatable bonds is 3. The van der Waals surface area contributed by atoms with Gasteiger partial charge in [0.15, 0.2) is 0 Å². The summed E-state index contributed by atoms with van der Waals surface area (Å²) in [7, 11) is 0. The number of hydrogen-bond donors (Lipinski definition) is 1. The monoisotopic (exact) mass is 360 g/mol. The zero-order valence-electron chi connectivity index (χ0n) is 14.7. The number of non-ortho nitro benzene ring substituents is 1. The van der Waals surface area contributed by atoms with Gasteiger partial charge >= 0.3 is 0 Å². The van der Waals surface area contributed by atoms with E-state index in [-0.39, 0.29) is 16.7 Å².